The van der Waals surface area contributed by atoms with Crippen molar-refractivity contribution in [2.45, 2.75) is 30.3 Å². The van der Waals surface area contributed by atoms with Gasteiger partial charge in [0.25, 0.3) is 0 Å². The maximum absolute atomic E-state index is 2.37. The van der Waals surface area contributed by atoms with Crippen LogP contribution in [0.25, 0.3) is 0 Å². The Hall–Kier alpha value is -0.0800. The Morgan fingerprint density at radius 1 is 1.07 bits per heavy atom. The third kappa shape index (κ3) is 2.54. The Bertz CT molecular complexity index is 300. The van der Waals surface area contributed by atoms with Crippen molar-refractivity contribution in [3.63, 3.8) is 0 Å². The second kappa shape index (κ2) is 4.84. The van der Waals surface area contributed by atoms with Gasteiger partial charge >= 0.3 is 0 Å². The molecule has 0 aromatic heterocycles. The van der Waals surface area contributed by atoms with Crippen LogP contribution >= 0.6 is 23.5 Å². The standard InChI is InChI=1S/C13H18S2/c1-13(2,11-7-4-3-5-8-11)12-14-9-6-10-15-12/h3-5,7-8,12H,6,9-10H2,1-2H3. The van der Waals surface area contributed by atoms with Crippen LogP contribution in [-0.4, -0.2) is 16.1 Å². The van der Waals surface area contributed by atoms with E-state index in [-0.39, 0.29) is 5.41 Å². The van der Waals surface area contributed by atoms with Gasteiger partial charge in [-0.2, -0.15) is 0 Å². The lowest BCUT2D eigenvalue weighted by atomic mass is 9.86. The molecule has 15 heavy (non-hydrogen) atoms. The fraction of sp³-hybridized carbons (Fsp3) is 0.538. The Balaban J connectivity index is 2.18. The molecule has 0 aliphatic carbocycles. The molecule has 1 saturated heterocycles. The van der Waals surface area contributed by atoms with Gasteiger partial charge in [-0.1, -0.05) is 44.2 Å². The van der Waals surface area contributed by atoms with Gasteiger partial charge in [-0.05, 0) is 23.5 Å². The average Bonchev–Trinajstić information content (AvgIpc) is 2.31. The van der Waals surface area contributed by atoms with E-state index >= 15 is 0 Å². The number of benzene rings is 1. The van der Waals surface area contributed by atoms with Crippen LogP contribution in [0.1, 0.15) is 25.8 Å². The monoisotopic (exact) mass is 238 g/mol. The number of rotatable bonds is 2. The molecule has 1 fully saturated rings. The molecule has 2 heteroatoms. The summed E-state index contributed by atoms with van der Waals surface area (Å²) >= 11 is 4.26. The van der Waals surface area contributed by atoms with E-state index in [1.54, 1.807) is 0 Å². The van der Waals surface area contributed by atoms with Crippen LogP contribution in [0.2, 0.25) is 0 Å². The first-order valence-corrected chi connectivity index (χ1v) is 7.60. The van der Waals surface area contributed by atoms with Gasteiger partial charge in [0.2, 0.25) is 0 Å². The smallest absolute Gasteiger partial charge is 0.0593 e. The quantitative estimate of drug-likeness (QED) is 0.759. The summed E-state index contributed by atoms with van der Waals surface area (Å²) in [5, 5.41) is 0. The predicted octanol–water partition coefficient (Wildman–Crippen LogP) is 4.16. The second-order valence-corrected chi connectivity index (χ2v) is 7.24. The molecular formula is C13H18S2. The van der Waals surface area contributed by atoms with Gasteiger partial charge in [0.05, 0.1) is 4.58 Å². The van der Waals surface area contributed by atoms with Gasteiger partial charge in [0.15, 0.2) is 0 Å². The highest BCUT2D eigenvalue weighted by molar-refractivity contribution is 8.17. The van der Waals surface area contributed by atoms with Crippen molar-refractivity contribution in [3.05, 3.63) is 35.9 Å². The zero-order valence-corrected chi connectivity index (χ0v) is 11.0. The summed E-state index contributed by atoms with van der Waals surface area (Å²) in [6, 6.07) is 10.9. The maximum atomic E-state index is 2.37. The van der Waals surface area contributed by atoms with Crippen LogP contribution in [-0.2, 0) is 5.41 Å². The van der Waals surface area contributed by atoms with E-state index < -0.39 is 0 Å². The van der Waals surface area contributed by atoms with E-state index in [9.17, 15) is 0 Å². The van der Waals surface area contributed by atoms with E-state index in [1.165, 1.54) is 23.5 Å². The van der Waals surface area contributed by atoms with E-state index in [1.807, 2.05) is 0 Å². The van der Waals surface area contributed by atoms with Crippen molar-refractivity contribution in [2.75, 3.05) is 11.5 Å². The van der Waals surface area contributed by atoms with E-state index in [4.69, 9.17) is 0 Å². The van der Waals surface area contributed by atoms with Crippen molar-refractivity contribution in [1.29, 1.82) is 0 Å². The lowest BCUT2D eigenvalue weighted by Gasteiger charge is -2.36. The van der Waals surface area contributed by atoms with Crippen LogP contribution in [0.15, 0.2) is 30.3 Å². The molecule has 0 saturated carbocycles. The molecule has 1 heterocycles. The zero-order chi connectivity index (χ0) is 10.7. The molecule has 0 nitrogen and oxygen atoms in total. The summed E-state index contributed by atoms with van der Waals surface area (Å²) in [6.07, 6.45) is 1.37. The third-order valence-electron chi connectivity index (χ3n) is 2.93. The molecular weight excluding hydrogens is 220 g/mol. The highest BCUT2D eigenvalue weighted by Crippen LogP contribution is 2.44. The topological polar surface area (TPSA) is 0 Å². The van der Waals surface area contributed by atoms with Gasteiger partial charge in [-0.25, -0.2) is 0 Å². The van der Waals surface area contributed by atoms with Gasteiger partial charge in [0, 0.05) is 5.41 Å². The Morgan fingerprint density at radius 2 is 1.67 bits per heavy atom. The predicted molar refractivity (Wildman–Crippen MR) is 72.8 cm³/mol. The fourth-order valence-electron chi connectivity index (χ4n) is 1.91. The first kappa shape index (κ1) is 11.4. The van der Waals surface area contributed by atoms with Gasteiger partial charge < -0.3 is 0 Å². The lowest BCUT2D eigenvalue weighted by Crippen LogP contribution is -2.31. The first-order chi connectivity index (χ1) is 7.21. The molecule has 1 aromatic carbocycles. The second-order valence-electron chi connectivity index (χ2n) is 4.51. The minimum Gasteiger partial charge on any atom is -0.147 e. The van der Waals surface area contributed by atoms with Crippen LogP contribution in [0.5, 0.6) is 0 Å². The third-order valence-corrected chi connectivity index (χ3v) is 6.58. The summed E-state index contributed by atoms with van der Waals surface area (Å²) in [5.74, 6) is 2.65. The summed E-state index contributed by atoms with van der Waals surface area (Å²) in [4.78, 5) is 0. The Kier molecular flexibility index (Phi) is 3.68. The molecule has 0 N–H and O–H groups in total. The molecule has 0 unspecified atom stereocenters. The molecule has 1 aromatic rings. The molecule has 0 radical (unpaired) electrons. The number of hydrogen-bond acceptors (Lipinski definition) is 2. The summed E-state index contributed by atoms with van der Waals surface area (Å²) in [5.41, 5.74) is 1.76. The summed E-state index contributed by atoms with van der Waals surface area (Å²) in [6.45, 7) is 4.75. The van der Waals surface area contributed by atoms with Gasteiger partial charge in [-0.15, -0.1) is 23.5 Å². The van der Waals surface area contributed by atoms with Crippen molar-refractivity contribution < 1.29 is 0 Å². The lowest BCUT2D eigenvalue weighted by molar-refractivity contribution is 0.576. The van der Waals surface area contributed by atoms with Crippen molar-refractivity contribution in [3.8, 4) is 0 Å². The largest absolute Gasteiger partial charge is 0.147 e. The van der Waals surface area contributed by atoms with E-state index in [0.717, 1.165) is 0 Å². The average molecular weight is 238 g/mol. The minimum absolute atomic E-state index is 0.289. The fourth-order valence-corrected chi connectivity index (χ4v) is 5.21. The van der Waals surface area contributed by atoms with Crippen molar-refractivity contribution >= 4 is 23.5 Å². The molecule has 1 aliphatic rings. The van der Waals surface area contributed by atoms with Gasteiger partial charge in [0.1, 0.15) is 0 Å². The number of thioether (sulfide) groups is 2. The minimum atomic E-state index is 0.289. The summed E-state index contributed by atoms with van der Waals surface area (Å²) in [7, 11) is 0. The molecule has 2 rings (SSSR count). The zero-order valence-electron chi connectivity index (χ0n) is 9.40. The molecule has 0 bridgehead atoms. The highest BCUT2D eigenvalue weighted by Gasteiger charge is 2.33. The van der Waals surface area contributed by atoms with Crippen LogP contribution in [0.3, 0.4) is 0 Å². The molecule has 0 spiro atoms. The normalized spacial score (nSPS) is 19.1. The first-order valence-electron chi connectivity index (χ1n) is 5.50. The number of hydrogen-bond donors (Lipinski definition) is 0. The van der Waals surface area contributed by atoms with Crippen molar-refractivity contribution in [1.82, 2.24) is 0 Å². The van der Waals surface area contributed by atoms with Crippen LogP contribution < -0.4 is 0 Å². The van der Waals surface area contributed by atoms with E-state index in [0.29, 0.717) is 4.58 Å². The van der Waals surface area contributed by atoms with Crippen LogP contribution in [0, 0.1) is 0 Å². The SMILES string of the molecule is CC(C)(c1ccccc1)C1SCCCS1. The maximum Gasteiger partial charge on any atom is 0.0593 e. The molecule has 0 amide bonds. The highest BCUT2D eigenvalue weighted by atomic mass is 32.2. The Labute approximate surface area is 101 Å². The Morgan fingerprint density at radius 3 is 2.27 bits per heavy atom. The molecule has 1 aliphatic heterocycles. The molecule has 0 atom stereocenters. The summed E-state index contributed by atoms with van der Waals surface area (Å²) < 4.78 is 0.716. The van der Waals surface area contributed by atoms with E-state index in [2.05, 4.69) is 67.7 Å². The molecule has 82 valence electrons. The van der Waals surface area contributed by atoms with Crippen molar-refractivity contribution in [2.24, 2.45) is 0 Å². The van der Waals surface area contributed by atoms with Gasteiger partial charge in [-0.3, -0.25) is 0 Å². The van der Waals surface area contributed by atoms with Crippen LogP contribution in [0.4, 0.5) is 0 Å².